The van der Waals surface area contributed by atoms with Crippen LogP contribution in [0.2, 0.25) is 0 Å². The Bertz CT molecular complexity index is 1560. The molecule has 0 saturated carbocycles. The minimum absolute atomic E-state index is 0.200. The second kappa shape index (κ2) is 9.63. The fourth-order valence-corrected chi connectivity index (χ4v) is 6.66. The molecular weight excluding hydrogens is 482 g/mol. The van der Waals surface area contributed by atoms with Gasteiger partial charge in [0.15, 0.2) is 5.72 Å². The van der Waals surface area contributed by atoms with Crippen LogP contribution in [0.1, 0.15) is 51.7 Å². The van der Waals surface area contributed by atoms with Crippen LogP contribution in [-0.2, 0) is 16.7 Å². The number of anilines is 2. The predicted octanol–water partition coefficient (Wildman–Crippen LogP) is 7.60. The van der Waals surface area contributed by atoms with Gasteiger partial charge in [-0.25, -0.2) is 0 Å². The number of unbranched alkanes of at least 4 members (excludes halogenated alkanes) is 1. The lowest BCUT2D eigenvalue weighted by atomic mass is 9.77. The standard InChI is InChI=1S/C34H41N3O2/c1-7-9-18-36-30-13-10-24(21-27(30)28-23-26(38-8-2)12-15-31(28)36)16-17-34-33(3,4)29-22-25(35(5)6)11-14-32(29)37(34)19-20-39-34/h10-17,21-23H,7-9,18-20H2,1-6H3/b17-16+. The van der Waals surface area contributed by atoms with E-state index in [1.54, 1.807) is 0 Å². The maximum Gasteiger partial charge on any atom is 0.170 e. The second-order valence-electron chi connectivity index (χ2n) is 11.6. The first-order valence-corrected chi connectivity index (χ1v) is 14.4. The highest BCUT2D eigenvalue weighted by atomic mass is 16.5. The normalized spacial score (nSPS) is 19.8. The van der Waals surface area contributed by atoms with Gasteiger partial charge in [0.05, 0.1) is 13.2 Å². The van der Waals surface area contributed by atoms with E-state index in [4.69, 9.17) is 9.47 Å². The number of hydrogen-bond donors (Lipinski definition) is 0. The van der Waals surface area contributed by atoms with Gasteiger partial charge in [-0.3, -0.25) is 0 Å². The van der Waals surface area contributed by atoms with Crippen molar-refractivity contribution < 1.29 is 9.47 Å². The highest BCUT2D eigenvalue weighted by Crippen LogP contribution is 2.55. The van der Waals surface area contributed by atoms with Gasteiger partial charge in [-0.1, -0.05) is 39.3 Å². The third kappa shape index (κ3) is 3.93. The minimum Gasteiger partial charge on any atom is -0.494 e. The molecule has 3 aromatic carbocycles. The van der Waals surface area contributed by atoms with Gasteiger partial charge in [-0.2, -0.15) is 0 Å². The van der Waals surface area contributed by atoms with Crippen LogP contribution >= 0.6 is 0 Å². The van der Waals surface area contributed by atoms with Crippen LogP contribution in [0.3, 0.4) is 0 Å². The lowest BCUT2D eigenvalue weighted by Gasteiger charge is -2.39. The maximum absolute atomic E-state index is 6.64. The number of rotatable bonds is 8. The maximum atomic E-state index is 6.64. The highest BCUT2D eigenvalue weighted by Gasteiger charge is 2.59. The van der Waals surface area contributed by atoms with Crippen molar-refractivity contribution in [3.63, 3.8) is 0 Å². The minimum atomic E-state index is -0.507. The summed E-state index contributed by atoms with van der Waals surface area (Å²) in [5.41, 5.74) is 6.88. The van der Waals surface area contributed by atoms with E-state index in [-0.39, 0.29) is 5.41 Å². The molecule has 0 radical (unpaired) electrons. The van der Waals surface area contributed by atoms with E-state index in [1.807, 2.05) is 6.92 Å². The van der Waals surface area contributed by atoms with E-state index in [0.29, 0.717) is 6.61 Å². The molecule has 5 nitrogen and oxygen atoms in total. The Morgan fingerprint density at radius 3 is 2.49 bits per heavy atom. The number of ether oxygens (including phenoxy) is 2. The average Bonchev–Trinajstić information content (AvgIpc) is 3.55. The van der Waals surface area contributed by atoms with Crippen molar-refractivity contribution in [1.29, 1.82) is 0 Å². The van der Waals surface area contributed by atoms with E-state index in [1.165, 1.54) is 50.7 Å². The fourth-order valence-electron chi connectivity index (χ4n) is 6.66. The third-order valence-electron chi connectivity index (χ3n) is 8.80. The van der Waals surface area contributed by atoms with Gasteiger partial charge < -0.3 is 23.8 Å². The lowest BCUT2D eigenvalue weighted by Crippen LogP contribution is -2.51. The van der Waals surface area contributed by atoms with Crippen molar-refractivity contribution in [3.8, 4) is 5.75 Å². The first-order valence-electron chi connectivity index (χ1n) is 14.4. The summed E-state index contributed by atoms with van der Waals surface area (Å²) in [6.45, 7) is 12.2. The largest absolute Gasteiger partial charge is 0.494 e. The molecule has 1 aromatic heterocycles. The topological polar surface area (TPSA) is 29.9 Å². The van der Waals surface area contributed by atoms with Crippen LogP contribution in [0.5, 0.6) is 5.75 Å². The van der Waals surface area contributed by atoms with Crippen LogP contribution in [0, 0.1) is 0 Å². The molecule has 39 heavy (non-hydrogen) atoms. The Kier molecular flexibility index (Phi) is 6.38. The van der Waals surface area contributed by atoms with Crippen LogP contribution in [0.15, 0.2) is 60.7 Å². The molecule has 0 bridgehead atoms. The average molecular weight is 524 g/mol. The van der Waals surface area contributed by atoms with Gasteiger partial charge >= 0.3 is 0 Å². The Morgan fingerprint density at radius 1 is 0.974 bits per heavy atom. The Hall–Kier alpha value is -3.44. The quantitative estimate of drug-likeness (QED) is 0.238. The molecule has 4 aromatic rings. The molecule has 1 unspecified atom stereocenters. The fraction of sp³-hybridized carbons (Fsp3) is 0.412. The summed E-state index contributed by atoms with van der Waals surface area (Å²) in [6.07, 6.45) is 6.90. The van der Waals surface area contributed by atoms with E-state index >= 15 is 0 Å². The zero-order valence-corrected chi connectivity index (χ0v) is 24.3. The summed E-state index contributed by atoms with van der Waals surface area (Å²) in [5, 5.41) is 2.53. The second-order valence-corrected chi connectivity index (χ2v) is 11.6. The Labute approximate surface area is 232 Å². The number of nitrogens with zero attached hydrogens (tertiary/aromatic N) is 3. The summed E-state index contributed by atoms with van der Waals surface area (Å²) in [4.78, 5) is 4.63. The molecule has 0 aliphatic carbocycles. The molecule has 204 valence electrons. The summed E-state index contributed by atoms with van der Waals surface area (Å²) in [5.74, 6) is 0.928. The predicted molar refractivity (Wildman–Crippen MR) is 164 cm³/mol. The molecule has 1 saturated heterocycles. The van der Waals surface area contributed by atoms with Gasteiger partial charge in [0, 0.05) is 65.8 Å². The monoisotopic (exact) mass is 523 g/mol. The molecule has 1 fully saturated rings. The molecule has 5 heteroatoms. The molecule has 3 heterocycles. The van der Waals surface area contributed by atoms with Crippen molar-refractivity contribution >= 4 is 39.3 Å². The van der Waals surface area contributed by atoms with Crippen molar-refractivity contribution in [2.45, 2.75) is 58.2 Å². The van der Waals surface area contributed by atoms with Crippen LogP contribution in [-0.4, -0.2) is 44.1 Å². The molecule has 0 spiro atoms. The van der Waals surface area contributed by atoms with E-state index < -0.39 is 5.72 Å². The molecule has 2 aliphatic heterocycles. The van der Waals surface area contributed by atoms with E-state index in [2.05, 4.69) is 116 Å². The van der Waals surface area contributed by atoms with Crippen molar-refractivity contribution in [2.75, 3.05) is 43.7 Å². The lowest BCUT2D eigenvalue weighted by molar-refractivity contribution is 0.000345. The smallest absolute Gasteiger partial charge is 0.170 e. The SMILES string of the molecule is CCCCn1c2ccc(/C=C/C34OCCN3c3ccc(N(C)C)cc3C4(C)C)cc2c2cc(OCC)ccc21. The van der Waals surface area contributed by atoms with Gasteiger partial charge in [-0.15, -0.1) is 0 Å². The Morgan fingerprint density at radius 2 is 1.74 bits per heavy atom. The zero-order valence-electron chi connectivity index (χ0n) is 24.3. The molecular formula is C34H41N3O2. The Balaban J connectivity index is 1.43. The molecule has 1 atom stereocenters. The number of hydrogen-bond acceptors (Lipinski definition) is 4. The third-order valence-corrected chi connectivity index (χ3v) is 8.80. The number of aryl methyl sites for hydroxylation is 1. The highest BCUT2D eigenvalue weighted by molar-refractivity contribution is 6.09. The molecule has 0 amide bonds. The number of benzene rings is 3. The zero-order chi connectivity index (χ0) is 27.4. The molecule has 0 N–H and O–H groups in total. The summed E-state index contributed by atoms with van der Waals surface area (Å²) in [6, 6.07) is 20.2. The molecule has 6 rings (SSSR count). The van der Waals surface area contributed by atoms with Crippen molar-refractivity contribution in [1.82, 2.24) is 4.57 Å². The molecule has 2 aliphatic rings. The van der Waals surface area contributed by atoms with Gasteiger partial charge in [0.2, 0.25) is 0 Å². The first-order chi connectivity index (χ1) is 18.8. The van der Waals surface area contributed by atoms with Crippen LogP contribution in [0.25, 0.3) is 27.9 Å². The van der Waals surface area contributed by atoms with Crippen molar-refractivity contribution in [3.05, 3.63) is 71.8 Å². The van der Waals surface area contributed by atoms with Gasteiger partial charge in [-0.05, 0) is 79.1 Å². The van der Waals surface area contributed by atoms with Gasteiger partial charge in [0.25, 0.3) is 0 Å². The summed E-state index contributed by atoms with van der Waals surface area (Å²) >= 11 is 0. The van der Waals surface area contributed by atoms with E-state index in [0.717, 1.165) is 31.9 Å². The van der Waals surface area contributed by atoms with E-state index in [9.17, 15) is 0 Å². The summed E-state index contributed by atoms with van der Waals surface area (Å²) < 4.78 is 15.0. The number of fused-ring (bicyclic) bond motifs is 6. The van der Waals surface area contributed by atoms with Crippen LogP contribution in [0.4, 0.5) is 11.4 Å². The summed E-state index contributed by atoms with van der Waals surface area (Å²) in [7, 11) is 4.20. The first kappa shape index (κ1) is 25.8. The van der Waals surface area contributed by atoms with Crippen LogP contribution < -0.4 is 14.5 Å². The number of aromatic nitrogens is 1. The van der Waals surface area contributed by atoms with Gasteiger partial charge in [0.1, 0.15) is 5.75 Å². The van der Waals surface area contributed by atoms with Crippen molar-refractivity contribution in [2.24, 2.45) is 0 Å².